The summed E-state index contributed by atoms with van der Waals surface area (Å²) in [6, 6.07) is 7.85. The van der Waals surface area contributed by atoms with Crippen LogP contribution in [-0.4, -0.2) is 28.6 Å². The maximum absolute atomic E-state index is 12.5. The average Bonchev–Trinajstić information content (AvgIpc) is 3.21. The summed E-state index contributed by atoms with van der Waals surface area (Å²) in [4.78, 5) is 26.7. The fraction of sp³-hybridized carbons (Fsp3) is 0.444. The van der Waals surface area contributed by atoms with Gasteiger partial charge in [-0.25, -0.2) is 0 Å². The Morgan fingerprint density at radius 1 is 1.36 bits per heavy atom. The van der Waals surface area contributed by atoms with E-state index in [1.54, 1.807) is 4.90 Å². The zero-order valence-electron chi connectivity index (χ0n) is 14.7. The van der Waals surface area contributed by atoms with Gasteiger partial charge in [-0.3, -0.25) is 9.59 Å². The van der Waals surface area contributed by atoms with Crippen molar-refractivity contribution in [2.45, 2.75) is 39.5 Å². The summed E-state index contributed by atoms with van der Waals surface area (Å²) in [6.45, 7) is 6.53. The molecular formula is C18H22N4O2S. The summed E-state index contributed by atoms with van der Waals surface area (Å²) in [5, 5.41) is 12.3. The molecule has 1 aliphatic rings. The van der Waals surface area contributed by atoms with Crippen molar-refractivity contribution in [3.05, 3.63) is 34.8 Å². The Balaban J connectivity index is 1.70. The van der Waals surface area contributed by atoms with E-state index in [1.807, 2.05) is 38.1 Å². The second-order valence-corrected chi connectivity index (χ2v) is 7.49. The summed E-state index contributed by atoms with van der Waals surface area (Å²) >= 11 is 1.38. The number of rotatable bonds is 5. The average molecular weight is 358 g/mol. The van der Waals surface area contributed by atoms with E-state index in [-0.39, 0.29) is 30.1 Å². The Labute approximate surface area is 151 Å². The molecule has 3 rings (SSSR count). The Bertz CT molecular complexity index is 787. The molecule has 7 heteroatoms. The minimum absolute atomic E-state index is 0.0128. The summed E-state index contributed by atoms with van der Waals surface area (Å²) in [6.07, 6.45) is 1.07. The predicted molar refractivity (Wildman–Crippen MR) is 98.9 cm³/mol. The highest BCUT2D eigenvalue weighted by Crippen LogP contribution is 2.30. The van der Waals surface area contributed by atoms with Crippen molar-refractivity contribution in [1.82, 2.24) is 10.2 Å². The molecule has 0 aliphatic carbocycles. The second kappa shape index (κ2) is 7.31. The van der Waals surface area contributed by atoms with E-state index in [2.05, 4.69) is 22.4 Å². The highest BCUT2D eigenvalue weighted by molar-refractivity contribution is 7.15. The van der Waals surface area contributed by atoms with Crippen molar-refractivity contribution < 1.29 is 9.59 Å². The summed E-state index contributed by atoms with van der Waals surface area (Å²) in [5.74, 6) is -0.279. The van der Waals surface area contributed by atoms with Crippen LogP contribution >= 0.6 is 11.3 Å². The van der Waals surface area contributed by atoms with E-state index in [4.69, 9.17) is 0 Å². The normalized spacial score (nSPS) is 17.4. The molecule has 1 aromatic carbocycles. The van der Waals surface area contributed by atoms with Crippen molar-refractivity contribution in [3.63, 3.8) is 0 Å². The molecule has 0 bridgehead atoms. The van der Waals surface area contributed by atoms with Crippen molar-refractivity contribution in [2.75, 3.05) is 16.8 Å². The molecule has 1 aromatic heterocycles. The van der Waals surface area contributed by atoms with Crippen LogP contribution in [0.25, 0.3) is 0 Å². The lowest BCUT2D eigenvalue weighted by Crippen LogP contribution is -2.28. The van der Waals surface area contributed by atoms with Crippen LogP contribution in [0.4, 0.5) is 10.8 Å². The van der Waals surface area contributed by atoms with Gasteiger partial charge in [0.2, 0.25) is 16.9 Å². The monoisotopic (exact) mass is 358 g/mol. The Morgan fingerprint density at radius 2 is 2.12 bits per heavy atom. The topological polar surface area (TPSA) is 75.2 Å². The first kappa shape index (κ1) is 17.5. The minimum atomic E-state index is -0.371. The van der Waals surface area contributed by atoms with Gasteiger partial charge < -0.3 is 10.2 Å². The van der Waals surface area contributed by atoms with Crippen molar-refractivity contribution in [3.8, 4) is 0 Å². The number of amides is 2. The Hall–Kier alpha value is -2.28. The third-order valence-electron chi connectivity index (χ3n) is 4.32. The smallest absolute Gasteiger partial charge is 0.231 e. The number of carbonyl (C=O) groups excluding carboxylic acids is 2. The van der Waals surface area contributed by atoms with E-state index in [9.17, 15) is 9.59 Å². The number of hydrogen-bond donors (Lipinski definition) is 1. The Morgan fingerprint density at radius 3 is 2.80 bits per heavy atom. The molecule has 0 radical (unpaired) electrons. The van der Waals surface area contributed by atoms with Crippen LogP contribution in [0.5, 0.6) is 0 Å². The van der Waals surface area contributed by atoms with Crippen molar-refractivity contribution in [1.29, 1.82) is 0 Å². The zero-order valence-corrected chi connectivity index (χ0v) is 15.5. The molecule has 1 N–H and O–H groups in total. The van der Waals surface area contributed by atoms with Crippen LogP contribution in [0, 0.1) is 5.92 Å². The van der Waals surface area contributed by atoms with E-state index in [0.29, 0.717) is 11.7 Å². The first-order valence-electron chi connectivity index (χ1n) is 8.52. The highest BCUT2D eigenvalue weighted by Gasteiger charge is 2.36. The lowest BCUT2D eigenvalue weighted by Gasteiger charge is -2.19. The summed E-state index contributed by atoms with van der Waals surface area (Å²) < 4.78 is 0. The zero-order chi connectivity index (χ0) is 18.0. The van der Waals surface area contributed by atoms with Gasteiger partial charge in [-0.15, -0.1) is 10.2 Å². The van der Waals surface area contributed by atoms with Crippen molar-refractivity contribution in [2.24, 2.45) is 5.92 Å². The SMILES string of the molecule is CCc1ccccc1N1CC(C(=O)Nc2nnc(C(C)C)s2)CC1=O. The molecule has 1 unspecified atom stereocenters. The molecule has 1 atom stereocenters. The molecule has 1 fully saturated rings. The maximum Gasteiger partial charge on any atom is 0.231 e. The molecule has 2 aromatic rings. The fourth-order valence-corrected chi connectivity index (χ4v) is 3.66. The van der Waals surface area contributed by atoms with Crippen LogP contribution in [0.15, 0.2) is 24.3 Å². The lowest BCUT2D eigenvalue weighted by molar-refractivity contribution is -0.122. The second-order valence-electron chi connectivity index (χ2n) is 6.48. The first-order chi connectivity index (χ1) is 12.0. The molecule has 25 heavy (non-hydrogen) atoms. The largest absolute Gasteiger partial charge is 0.311 e. The maximum atomic E-state index is 12.5. The third kappa shape index (κ3) is 3.71. The number of carbonyl (C=O) groups is 2. The molecule has 1 aliphatic heterocycles. The standard InChI is InChI=1S/C18H22N4O2S/c1-4-12-7-5-6-8-14(12)22-10-13(9-15(22)23)16(24)19-18-21-20-17(25-18)11(2)3/h5-8,11,13H,4,9-10H2,1-3H3,(H,19,21,24). The van der Waals surface area contributed by atoms with Gasteiger partial charge in [0.1, 0.15) is 5.01 Å². The molecular weight excluding hydrogens is 336 g/mol. The summed E-state index contributed by atoms with van der Waals surface area (Å²) in [7, 11) is 0. The molecule has 0 saturated carbocycles. The summed E-state index contributed by atoms with van der Waals surface area (Å²) in [5.41, 5.74) is 2.02. The number of nitrogens with one attached hydrogen (secondary N) is 1. The van der Waals surface area contributed by atoms with Crippen LogP contribution in [-0.2, 0) is 16.0 Å². The third-order valence-corrected chi connectivity index (χ3v) is 5.46. The van der Waals surface area contributed by atoms with Gasteiger partial charge in [0.05, 0.1) is 5.92 Å². The highest BCUT2D eigenvalue weighted by atomic mass is 32.1. The van der Waals surface area contributed by atoms with Gasteiger partial charge in [-0.2, -0.15) is 0 Å². The van der Waals surface area contributed by atoms with Gasteiger partial charge in [-0.05, 0) is 18.1 Å². The fourth-order valence-electron chi connectivity index (χ4n) is 2.92. The number of aryl methyl sites for hydroxylation is 1. The molecule has 1 saturated heterocycles. The molecule has 0 spiro atoms. The van der Waals surface area contributed by atoms with E-state index in [1.165, 1.54) is 11.3 Å². The number of para-hydroxylation sites is 1. The van der Waals surface area contributed by atoms with Crippen molar-refractivity contribution >= 4 is 34.0 Å². The van der Waals surface area contributed by atoms with Crippen LogP contribution < -0.4 is 10.2 Å². The number of aromatic nitrogens is 2. The molecule has 6 nitrogen and oxygen atoms in total. The van der Waals surface area contributed by atoms with Crippen LogP contribution in [0.3, 0.4) is 0 Å². The van der Waals surface area contributed by atoms with E-state index >= 15 is 0 Å². The van der Waals surface area contributed by atoms with Gasteiger partial charge in [0.15, 0.2) is 0 Å². The first-order valence-corrected chi connectivity index (χ1v) is 9.33. The number of anilines is 2. The van der Waals surface area contributed by atoms with Gasteiger partial charge in [-0.1, -0.05) is 50.3 Å². The number of nitrogens with zero attached hydrogens (tertiary/aromatic N) is 3. The lowest BCUT2D eigenvalue weighted by atomic mass is 10.1. The van der Waals surface area contributed by atoms with Gasteiger partial charge in [0.25, 0.3) is 0 Å². The number of benzene rings is 1. The van der Waals surface area contributed by atoms with Crippen LogP contribution in [0.2, 0.25) is 0 Å². The molecule has 2 heterocycles. The van der Waals surface area contributed by atoms with Gasteiger partial charge >= 0.3 is 0 Å². The van der Waals surface area contributed by atoms with Crippen LogP contribution in [0.1, 0.15) is 43.7 Å². The quantitative estimate of drug-likeness (QED) is 0.890. The number of hydrogen-bond acceptors (Lipinski definition) is 5. The molecule has 132 valence electrons. The predicted octanol–water partition coefficient (Wildman–Crippen LogP) is 3.22. The van der Waals surface area contributed by atoms with E-state index < -0.39 is 0 Å². The van der Waals surface area contributed by atoms with Gasteiger partial charge in [0, 0.05) is 24.6 Å². The minimum Gasteiger partial charge on any atom is -0.311 e. The van der Waals surface area contributed by atoms with E-state index in [0.717, 1.165) is 22.7 Å². The Kier molecular flexibility index (Phi) is 5.13. The molecule has 2 amide bonds.